The Hall–Kier alpha value is -1.59. The van der Waals surface area contributed by atoms with Crippen molar-refractivity contribution >= 4 is 5.91 Å². The van der Waals surface area contributed by atoms with Gasteiger partial charge in [0.05, 0.1) is 32.4 Å². The molecule has 0 radical (unpaired) electrons. The lowest BCUT2D eigenvalue weighted by Gasteiger charge is -2.47. The molecule has 5 nitrogen and oxygen atoms in total. The third kappa shape index (κ3) is 2.96. The van der Waals surface area contributed by atoms with Crippen molar-refractivity contribution in [3.05, 3.63) is 29.8 Å². The van der Waals surface area contributed by atoms with Gasteiger partial charge in [0.1, 0.15) is 11.4 Å². The van der Waals surface area contributed by atoms with E-state index in [4.69, 9.17) is 9.47 Å². The molecule has 0 aromatic heterocycles. The van der Waals surface area contributed by atoms with Crippen LogP contribution in [0.15, 0.2) is 24.3 Å². The number of rotatable bonds is 4. The van der Waals surface area contributed by atoms with Gasteiger partial charge >= 0.3 is 0 Å². The molecule has 22 heavy (non-hydrogen) atoms. The van der Waals surface area contributed by atoms with Gasteiger partial charge in [-0.3, -0.25) is 4.79 Å². The van der Waals surface area contributed by atoms with E-state index in [0.717, 1.165) is 11.3 Å². The van der Waals surface area contributed by atoms with Crippen LogP contribution in [0.4, 0.5) is 0 Å². The van der Waals surface area contributed by atoms with Crippen LogP contribution in [0, 0.1) is 0 Å². The highest BCUT2D eigenvalue weighted by Crippen LogP contribution is 2.39. The molecule has 3 rings (SSSR count). The van der Waals surface area contributed by atoms with E-state index in [1.807, 2.05) is 29.2 Å². The van der Waals surface area contributed by atoms with E-state index in [9.17, 15) is 9.90 Å². The molecule has 1 atom stereocenters. The van der Waals surface area contributed by atoms with Crippen LogP contribution in [0.3, 0.4) is 0 Å². The van der Waals surface area contributed by atoms with Crippen LogP contribution in [0.25, 0.3) is 0 Å². The zero-order valence-electron chi connectivity index (χ0n) is 13.2. The minimum Gasteiger partial charge on any atom is -0.496 e. The topological polar surface area (TPSA) is 59.0 Å². The number of aliphatic hydroxyl groups is 1. The molecule has 0 bridgehead atoms. The Balaban J connectivity index is 1.50. The summed E-state index contributed by atoms with van der Waals surface area (Å²) in [5, 5.41) is 9.99. The first-order valence-corrected chi connectivity index (χ1v) is 7.69. The van der Waals surface area contributed by atoms with E-state index in [0.29, 0.717) is 39.0 Å². The van der Waals surface area contributed by atoms with E-state index in [2.05, 4.69) is 0 Å². The molecule has 1 aromatic rings. The van der Waals surface area contributed by atoms with Crippen LogP contribution in [0.1, 0.15) is 25.3 Å². The van der Waals surface area contributed by atoms with E-state index >= 15 is 0 Å². The van der Waals surface area contributed by atoms with Crippen LogP contribution in [0.2, 0.25) is 0 Å². The predicted molar refractivity (Wildman–Crippen MR) is 81.8 cm³/mol. The van der Waals surface area contributed by atoms with Crippen molar-refractivity contribution in [1.82, 2.24) is 4.90 Å². The summed E-state index contributed by atoms with van der Waals surface area (Å²) in [4.78, 5) is 14.1. The highest BCUT2D eigenvalue weighted by molar-refractivity contribution is 5.77. The molecule has 1 aromatic carbocycles. The van der Waals surface area contributed by atoms with Crippen molar-refractivity contribution in [2.24, 2.45) is 0 Å². The first kappa shape index (κ1) is 15.3. The molecule has 2 aliphatic heterocycles. The zero-order chi connectivity index (χ0) is 15.8. The number of nitrogens with zero attached hydrogens (tertiary/aromatic N) is 1. The maximum Gasteiger partial charge on any atom is 0.223 e. The monoisotopic (exact) mass is 305 g/mol. The minimum atomic E-state index is -0.757. The van der Waals surface area contributed by atoms with Gasteiger partial charge in [0.25, 0.3) is 0 Å². The van der Waals surface area contributed by atoms with E-state index in [1.54, 1.807) is 14.0 Å². The molecule has 2 fully saturated rings. The standard InChI is InChI=1S/C17H23NO4/c1-16(20)9-17(22-12-16)10-18(11-17)15(19)8-7-13-5-3-4-6-14(13)21-2/h3-6,20H,7-12H2,1-2H3. The third-order valence-corrected chi connectivity index (χ3v) is 4.50. The van der Waals surface area contributed by atoms with Gasteiger partial charge in [0, 0.05) is 12.8 Å². The molecule has 1 N–H and O–H groups in total. The molecule has 2 heterocycles. The molecule has 1 unspecified atom stereocenters. The van der Waals surface area contributed by atoms with Crippen molar-refractivity contribution < 1.29 is 19.4 Å². The van der Waals surface area contributed by atoms with E-state index < -0.39 is 5.60 Å². The minimum absolute atomic E-state index is 0.131. The summed E-state index contributed by atoms with van der Waals surface area (Å²) >= 11 is 0. The smallest absolute Gasteiger partial charge is 0.223 e. The largest absolute Gasteiger partial charge is 0.496 e. The number of para-hydroxylation sites is 1. The average Bonchev–Trinajstić information content (AvgIpc) is 2.80. The maximum absolute atomic E-state index is 12.3. The maximum atomic E-state index is 12.3. The van der Waals surface area contributed by atoms with Crippen LogP contribution in [-0.4, -0.2) is 53.9 Å². The normalized spacial score (nSPS) is 26.0. The van der Waals surface area contributed by atoms with Gasteiger partial charge in [0.2, 0.25) is 5.91 Å². The zero-order valence-corrected chi connectivity index (χ0v) is 13.2. The van der Waals surface area contributed by atoms with Crippen LogP contribution in [-0.2, 0) is 16.0 Å². The van der Waals surface area contributed by atoms with Crippen molar-refractivity contribution in [2.45, 2.75) is 37.4 Å². The lowest BCUT2D eigenvalue weighted by Crippen LogP contribution is -2.63. The summed E-state index contributed by atoms with van der Waals surface area (Å²) in [6.07, 6.45) is 1.74. The summed E-state index contributed by atoms with van der Waals surface area (Å²) in [5.41, 5.74) is -0.0236. The van der Waals surface area contributed by atoms with Crippen molar-refractivity contribution in [3.63, 3.8) is 0 Å². The van der Waals surface area contributed by atoms with Gasteiger partial charge in [-0.2, -0.15) is 0 Å². The average molecular weight is 305 g/mol. The summed E-state index contributed by atoms with van der Waals surface area (Å²) in [6, 6.07) is 7.77. The Bertz CT molecular complexity index is 564. The van der Waals surface area contributed by atoms with Crippen molar-refractivity contribution in [3.8, 4) is 5.75 Å². The number of ether oxygens (including phenoxy) is 2. The third-order valence-electron chi connectivity index (χ3n) is 4.50. The van der Waals surface area contributed by atoms with Gasteiger partial charge in [-0.1, -0.05) is 18.2 Å². The molecular formula is C17H23NO4. The van der Waals surface area contributed by atoms with Gasteiger partial charge < -0.3 is 19.5 Å². The van der Waals surface area contributed by atoms with Crippen LogP contribution in [0.5, 0.6) is 5.75 Å². The van der Waals surface area contributed by atoms with Gasteiger partial charge in [-0.25, -0.2) is 0 Å². The lowest BCUT2D eigenvalue weighted by molar-refractivity contribution is -0.157. The number of carbonyl (C=O) groups excluding carboxylic acids is 1. The first-order chi connectivity index (χ1) is 10.4. The molecule has 5 heteroatoms. The van der Waals surface area contributed by atoms with Gasteiger partial charge in [-0.15, -0.1) is 0 Å². The lowest BCUT2D eigenvalue weighted by atomic mass is 9.85. The Morgan fingerprint density at radius 3 is 2.77 bits per heavy atom. The Kier molecular flexibility index (Phi) is 3.87. The van der Waals surface area contributed by atoms with Gasteiger partial charge in [-0.05, 0) is 25.0 Å². The molecule has 0 saturated carbocycles. The molecule has 2 saturated heterocycles. The summed E-state index contributed by atoms with van der Waals surface area (Å²) in [7, 11) is 1.64. The number of hydrogen-bond acceptors (Lipinski definition) is 4. The summed E-state index contributed by atoms with van der Waals surface area (Å²) < 4.78 is 11.0. The highest BCUT2D eigenvalue weighted by Gasteiger charge is 2.54. The first-order valence-electron chi connectivity index (χ1n) is 7.69. The number of aryl methyl sites for hydroxylation is 1. The molecule has 1 spiro atoms. The quantitative estimate of drug-likeness (QED) is 0.913. The van der Waals surface area contributed by atoms with Crippen molar-refractivity contribution in [1.29, 1.82) is 0 Å². The number of hydrogen-bond donors (Lipinski definition) is 1. The molecule has 2 aliphatic rings. The Morgan fingerprint density at radius 1 is 1.41 bits per heavy atom. The highest BCUT2D eigenvalue weighted by atomic mass is 16.5. The Labute approximate surface area is 130 Å². The fourth-order valence-electron chi connectivity index (χ4n) is 3.44. The summed E-state index contributed by atoms with van der Waals surface area (Å²) in [6.45, 7) is 3.33. The summed E-state index contributed by atoms with van der Waals surface area (Å²) in [5.74, 6) is 0.956. The van der Waals surface area contributed by atoms with Crippen molar-refractivity contribution in [2.75, 3.05) is 26.8 Å². The molecule has 1 amide bonds. The van der Waals surface area contributed by atoms with Gasteiger partial charge in [0.15, 0.2) is 0 Å². The second-order valence-corrected chi connectivity index (χ2v) is 6.71. The fourth-order valence-corrected chi connectivity index (χ4v) is 3.44. The number of benzene rings is 1. The second-order valence-electron chi connectivity index (χ2n) is 6.71. The predicted octanol–water partition coefficient (Wildman–Crippen LogP) is 1.38. The second kappa shape index (κ2) is 5.56. The van der Waals surface area contributed by atoms with E-state index in [1.165, 1.54) is 0 Å². The van der Waals surface area contributed by atoms with E-state index in [-0.39, 0.29) is 11.5 Å². The van der Waals surface area contributed by atoms with Crippen LogP contribution < -0.4 is 4.74 Å². The number of likely N-dealkylation sites (tertiary alicyclic amines) is 1. The Morgan fingerprint density at radius 2 is 2.14 bits per heavy atom. The SMILES string of the molecule is COc1ccccc1CCC(=O)N1CC2(C1)CC(C)(O)CO2. The molecule has 0 aliphatic carbocycles. The number of amides is 1. The molecular weight excluding hydrogens is 282 g/mol. The number of methoxy groups -OCH3 is 1. The number of carbonyl (C=O) groups is 1. The fraction of sp³-hybridized carbons (Fsp3) is 0.588. The molecule has 120 valence electrons. The van der Waals surface area contributed by atoms with Crippen LogP contribution >= 0.6 is 0 Å².